The minimum Gasteiger partial charge on any atom is -0.481 e. The number of ether oxygens (including phenoxy) is 1. The van der Waals surface area contributed by atoms with E-state index in [1.165, 1.54) is 0 Å². The summed E-state index contributed by atoms with van der Waals surface area (Å²) in [6, 6.07) is 0. The number of esters is 1. The van der Waals surface area contributed by atoms with Gasteiger partial charge in [-0.05, 0) is 19.8 Å². The Morgan fingerprint density at radius 2 is 1.88 bits per heavy atom. The summed E-state index contributed by atoms with van der Waals surface area (Å²) in [6.45, 7) is 1.74. The molecule has 0 saturated heterocycles. The van der Waals surface area contributed by atoms with Crippen LogP contribution in [0.1, 0.15) is 26.2 Å². The van der Waals surface area contributed by atoms with Crippen molar-refractivity contribution in [2.45, 2.75) is 26.2 Å². The highest BCUT2D eigenvalue weighted by molar-refractivity contribution is 7.92. The van der Waals surface area contributed by atoms with E-state index in [-0.39, 0.29) is 31.6 Å². The molecule has 1 N–H and O–H groups in total. The fourth-order valence-electron chi connectivity index (χ4n) is 1.05. The summed E-state index contributed by atoms with van der Waals surface area (Å²) in [5.41, 5.74) is 0. The topological polar surface area (TPSA) is 97.7 Å². The highest BCUT2D eigenvalue weighted by Crippen LogP contribution is 2.01. The van der Waals surface area contributed by atoms with Crippen molar-refractivity contribution in [2.24, 2.45) is 0 Å². The molecule has 7 heteroatoms. The Balaban J connectivity index is 3.87. The van der Waals surface area contributed by atoms with Gasteiger partial charge in [0.05, 0.1) is 12.4 Å². The highest BCUT2D eigenvalue weighted by Gasteiger charge is 2.17. The third-order valence-corrected chi connectivity index (χ3v) is 3.33. The van der Waals surface area contributed by atoms with Crippen molar-refractivity contribution >= 4 is 21.8 Å². The number of rotatable bonds is 8. The lowest BCUT2D eigenvalue weighted by Crippen LogP contribution is -2.21. The summed E-state index contributed by atoms with van der Waals surface area (Å²) in [5.74, 6) is -2.53. The molecule has 0 radical (unpaired) electrons. The van der Waals surface area contributed by atoms with Crippen LogP contribution in [0.25, 0.3) is 0 Å². The standard InChI is InChI=1S/C9H16O6S/c1-2-15-9(12)7-16(13,14)6-4-3-5-8(10)11/h2-7H2,1H3,(H,10,11). The number of hydrogen-bond donors (Lipinski definition) is 1. The first-order valence-corrected chi connectivity index (χ1v) is 6.77. The van der Waals surface area contributed by atoms with Crippen LogP contribution in [0, 0.1) is 0 Å². The molecule has 0 aliphatic rings. The summed E-state index contributed by atoms with van der Waals surface area (Å²) in [5, 5.41) is 8.33. The van der Waals surface area contributed by atoms with Crippen molar-refractivity contribution in [1.29, 1.82) is 0 Å². The Kier molecular flexibility index (Phi) is 6.71. The van der Waals surface area contributed by atoms with E-state index in [1.807, 2.05) is 0 Å². The molecule has 0 aromatic carbocycles. The lowest BCUT2D eigenvalue weighted by molar-refractivity contribution is -0.140. The summed E-state index contributed by atoms with van der Waals surface area (Å²) in [7, 11) is -3.47. The Morgan fingerprint density at radius 3 is 2.38 bits per heavy atom. The molecule has 0 spiro atoms. The van der Waals surface area contributed by atoms with Crippen LogP contribution in [0.15, 0.2) is 0 Å². The molecule has 0 aromatic heterocycles. The summed E-state index contributed by atoms with van der Waals surface area (Å²) >= 11 is 0. The minimum absolute atomic E-state index is 0.0606. The maximum absolute atomic E-state index is 11.3. The molecular formula is C9H16O6S. The van der Waals surface area contributed by atoms with Crippen LogP contribution < -0.4 is 0 Å². The third kappa shape index (κ3) is 8.22. The fourth-order valence-corrected chi connectivity index (χ4v) is 2.28. The quantitative estimate of drug-likeness (QED) is 0.490. The van der Waals surface area contributed by atoms with Gasteiger partial charge in [0.15, 0.2) is 9.84 Å². The molecule has 6 nitrogen and oxygen atoms in total. The van der Waals surface area contributed by atoms with Crippen LogP contribution in [0.5, 0.6) is 0 Å². The van der Waals surface area contributed by atoms with Gasteiger partial charge >= 0.3 is 11.9 Å². The van der Waals surface area contributed by atoms with E-state index in [1.54, 1.807) is 6.92 Å². The fraction of sp³-hybridized carbons (Fsp3) is 0.778. The van der Waals surface area contributed by atoms with Crippen molar-refractivity contribution in [1.82, 2.24) is 0 Å². The second-order valence-corrected chi connectivity index (χ2v) is 5.43. The molecular weight excluding hydrogens is 236 g/mol. The Bertz CT molecular complexity index is 332. The molecule has 0 bridgehead atoms. The number of sulfone groups is 1. The highest BCUT2D eigenvalue weighted by atomic mass is 32.2. The molecule has 0 amide bonds. The SMILES string of the molecule is CCOC(=O)CS(=O)(=O)CCCCC(=O)O. The third-order valence-electron chi connectivity index (χ3n) is 1.74. The van der Waals surface area contributed by atoms with Crippen LogP contribution in [-0.2, 0) is 24.2 Å². The second-order valence-electron chi connectivity index (χ2n) is 3.25. The minimum atomic E-state index is -3.47. The van der Waals surface area contributed by atoms with Crippen LogP contribution in [-0.4, -0.2) is 43.6 Å². The zero-order valence-electron chi connectivity index (χ0n) is 9.14. The predicted octanol–water partition coefficient (Wildman–Crippen LogP) is 0.219. The van der Waals surface area contributed by atoms with Gasteiger partial charge in [-0.2, -0.15) is 0 Å². The van der Waals surface area contributed by atoms with Gasteiger partial charge in [0, 0.05) is 6.42 Å². The normalized spacial score (nSPS) is 11.1. The lowest BCUT2D eigenvalue weighted by Gasteiger charge is -2.03. The molecule has 0 saturated carbocycles. The van der Waals surface area contributed by atoms with Crippen molar-refractivity contribution in [3.05, 3.63) is 0 Å². The summed E-state index contributed by atoms with van der Waals surface area (Å²) in [4.78, 5) is 21.1. The first kappa shape index (κ1) is 14.9. The van der Waals surface area contributed by atoms with E-state index < -0.39 is 27.5 Å². The molecule has 16 heavy (non-hydrogen) atoms. The van der Waals surface area contributed by atoms with Gasteiger partial charge in [0.25, 0.3) is 0 Å². The molecule has 0 aromatic rings. The molecule has 0 aliphatic heterocycles. The molecule has 94 valence electrons. The Hall–Kier alpha value is -1.11. The molecule has 0 atom stereocenters. The number of carboxylic acid groups (broad SMARTS) is 1. The largest absolute Gasteiger partial charge is 0.481 e. The van der Waals surface area contributed by atoms with Gasteiger partial charge in [0.1, 0.15) is 5.75 Å². The first-order chi connectivity index (χ1) is 7.37. The zero-order chi connectivity index (χ0) is 12.6. The van der Waals surface area contributed by atoms with Crippen molar-refractivity contribution in [3.8, 4) is 0 Å². The van der Waals surface area contributed by atoms with Crippen molar-refractivity contribution in [3.63, 3.8) is 0 Å². The Labute approximate surface area is 94.5 Å². The van der Waals surface area contributed by atoms with Crippen LogP contribution in [0.3, 0.4) is 0 Å². The molecule has 0 heterocycles. The number of hydrogen-bond acceptors (Lipinski definition) is 5. The molecule has 0 rings (SSSR count). The zero-order valence-corrected chi connectivity index (χ0v) is 9.96. The maximum Gasteiger partial charge on any atom is 0.321 e. The average Bonchev–Trinajstić information content (AvgIpc) is 2.11. The van der Waals surface area contributed by atoms with Gasteiger partial charge < -0.3 is 9.84 Å². The second kappa shape index (κ2) is 7.21. The van der Waals surface area contributed by atoms with Gasteiger partial charge in [-0.25, -0.2) is 8.42 Å². The van der Waals surface area contributed by atoms with Crippen LogP contribution >= 0.6 is 0 Å². The molecule has 0 unspecified atom stereocenters. The van der Waals surface area contributed by atoms with Gasteiger partial charge in [-0.3, -0.25) is 9.59 Å². The van der Waals surface area contributed by atoms with Gasteiger partial charge in [-0.1, -0.05) is 0 Å². The van der Waals surface area contributed by atoms with Gasteiger partial charge in [0.2, 0.25) is 0 Å². The number of carbonyl (C=O) groups excluding carboxylic acids is 1. The molecule has 0 aliphatic carbocycles. The van der Waals surface area contributed by atoms with E-state index >= 15 is 0 Å². The number of carboxylic acids is 1. The smallest absolute Gasteiger partial charge is 0.321 e. The summed E-state index contributed by atoms with van der Waals surface area (Å²) in [6.07, 6.45) is 0.473. The van der Waals surface area contributed by atoms with E-state index in [0.29, 0.717) is 0 Å². The monoisotopic (exact) mass is 252 g/mol. The maximum atomic E-state index is 11.3. The molecule has 0 fully saturated rings. The number of aliphatic carboxylic acids is 1. The first-order valence-electron chi connectivity index (χ1n) is 4.95. The average molecular weight is 252 g/mol. The van der Waals surface area contributed by atoms with E-state index in [0.717, 1.165) is 0 Å². The lowest BCUT2D eigenvalue weighted by atomic mass is 10.3. The van der Waals surface area contributed by atoms with Crippen LogP contribution in [0.4, 0.5) is 0 Å². The van der Waals surface area contributed by atoms with Crippen LogP contribution in [0.2, 0.25) is 0 Å². The van der Waals surface area contributed by atoms with Crippen molar-refractivity contribution < 1.29 is 27.9 Å². The number of unbranched alkanes of at least 4 members (excludes halogenated alkanes) is 1. The van der Waals surface area contributed by atoms with Gasteiger partial charge in [-0.15, -0.1) is 0 Å². The van der Waals surface area contributed by atoms with E-state index in [9.17, 15) is 18.0 Å². The number of carbonyl (C=O) groups is 2. The summed E-state index contributed by atoms with van der Waals surface area (Å²) < 4.78 is 27.1. The van der Waals surface area contributed by atoms with Crippen molar-refractivity contribution in [2.75, 3.05) is 18.1 Å². The predicted molar refractivity (Wildman–Crippen MR) is 56.8 cm³/mol. The van der Waals surface area contributed by atoms with E-state index in [4.69, 9.17) is 5.11 Å². The van der Waals surface area contributed by atoms with E-state index in [2.05, 4.69) is 4.74 Å². The Morgan fingerprint density at radius 1 is 1.25 bits per heavy atom.